The van der Waals surface area contributed by atoms with Gasteiger partial charge >= 0.3 is 5.69 Å². The van der Waals surface area contributed by atoms with E-state index in [0.29, 0.717) is 30.9 Å². The topological polar surface area (TPSA) is 91.1 Å². The number of fused-ring (bicyclic) bond motifs is 1. The number of aromatic amines is 1. The molecule has 8 heteroatoms. The lowest BCUT2D eigenvalue weighted by atomic mass is 10.5. The number of ether oxygens (including phenoxy) is 2. The number of rotatable bonds is 7. The zero-order chi connectivity index (χ0) is 14.5. The molecule has 1 N–H and O–H groups in total. The third kappa shape index (κ3) is 2.66. The summed E-state index contributed by atoms with van der Waals surface area (Å²) in [7, 11) is 1.58. The van der Waals surface area contributed by atoms with Crippen LogP contribution in [0.4, 0.5) is 0 Å². The molecule has 0 aliphatic heterocycles. The maximum absolute atomic E-state index is 12.2. The first kappa shape index (κ1) is 14.5. The summed E-state index contributed by atoms with van der Waals surface area (Å²) in [6.07, 6.45) is 1.41. The summed E-state index contributed by atoms with van der Waals surface area (Å²) >= 11 is 0. The molecule has 2 heterocycles. The maximum atomic E-state index is 12.2. The van der Waals surface area contributed by atoms with Gasteiger partial charge in [0.1, 0.15) is 5.52 Å². The van der Waals surface area contributed by atoms with Crippen LogP contribution in [0.1, 0.15) is 6.92 Å². The van der Waals surface area contributed by atoms with E-state index in [1.165, 1.54) is 10.9 Å². The molecule has 0 radical (unpaired) electrons. The molecule has 0 spiro atoms. The molecule has 0 saturated heterocycles. The number of nitrogens with zero attached hydrogens (tertiary/aromatic N) is 3. The Kier molecular flexibility index (Phi) is 4.70. The van der Waals surface area contributed by atoms with Gasteiger partial charge in [0.2, 0.25) is 0 Å². The molecule has 2 aromatic rings. The standard InChI is InChI=1S/C12H18N4O4/c1-3-15-10-9(13-8-14-10)11(17)16(12(15)18)4-5-20-7-6-19-2/h8H,3-7H2,1-2H3,(H,13,14). The van der Waals surface area contributed by atoms with Crippen LogP contribution in [-0.4, -0.2) is 46.0 Å². The first-order chi connectivity index (χ1) is 9.70. The van der Waals surface area contributed by atoms with Gasteiger partial charge < -0.3 is 14.5 Å². The molecule has 0 aliphatic rings. The smallest absolute Gasteiger partial charge is 0.332 e. The molecular weight excluding hydrogens is 264 g/mol. The number of hydrogen-bond acceptors (Lipinski definition) is 5. The van der Waals surface area contributed by atoms with Crippen molar-refractivity contribution in [1.29, 1.82) is 0 Å². The minimum Gasteiger partial charge on any atom is -0.382 e. The summed E-state index contributed by atoms with van der Waals surface area (Å²) in [5.41, 5.74) is -0.0163. The Balaban J connectivity index is 2.28. The van der Waals surface area contributed by atoms with Gasteiger partial charge in [-0.3, -0.25) is 13.9 Å². The fourth-order valence-corrected chi connectivity index (χ4v) is 1.99. The predicted octanol–water partition coefficient (Wildman–Crippen LogP) is -0.431. The Labute approximate surface area is 115 Å². The largest absolute Gasteiger partial charge is 0.382 e. The monoisotopic (exact) mass is 282 g/mol. The number of imidazole rings is 1. The molecule has 2 rings (SSSR count). The van der Waals surface area contributed by atoms with Gasteiger partial charge in [0.25, 0.3) is 5.56 Å². The van der Waals surface area contributed by atoms with E-state index < -0.39 is 0 Å². The Hall–Kier alpha value is -1.93. The van der Waals surface area contributed by atoms with E-state index in [4.69, 9.17) is 9.47 Å². The molecule has 0 saturated carbocycles. The van der Waals surface area contributed by atoms with Gasteiger partial charge in [-0.25, -0.2) is 9.78 Å². The minimum atomic E-state index is -0.373. The molecular formula is C12H18N4O4. The first-order valence-corrected chi connectivity index (χ1v) is 6.44. The highest BCUT2D eigenvalue weighted by Gasteiger charge is 2.13. The summed E-state index contributed by atoms with van der Waals surface area (Å²) in [5, 5.41) is 0. The second kappa shape index (κ2) is 6.49. The Morgan fingerprint density at radius 3 is 2.75 bits per heavy atom. The Bertz CT molecular complexity index is 685. The second-order valence-corrected chi connectivity index (χ2v) is 4.19. The number of H-pyrrole nitrogens is 1. The number of hydrogen-bond donors (Lipinski definition) is 1. The number of nitrogens with one attached hydrogen (secondary N) is 1. The summed E-state index contributed by atoms with van der Waals surface area (Å²) in [4.78, 5) is 31.2. The lowest BCUT2D eigenvalue weighted by Gasteiger charge is -2.09. The first-order valence-electron chi connectivity index (χ1n) is 6.44. The molecule has 0 fully saturated rings. The molecule has 20 heavy (non-hydrogen) atoms. The van der Waals surface area contributed by atoms with E-state index in [1.54, 1.807) is 7.11 Å². The highest BCUT2D eigenvalue weighted by atomic mass is 16.5. The molecule has 0 aliphatic carbocycles. The van der Waals surface area contributed by atoms with Crippen molar-refractivity contribution in [3.63, 3.8) is 0 Å². The van der Waals surface area contributed by atoms with Gasteiger partial charge in [0.05, 0.1) is 32.7 Å². The minimum absolute atomic E-state index is 0.205. The van der Waals surface area contributed by atoms with Crippen molar-refractivity contribution < 1.29 is 9.47 Å². The third-order valence-electron chi connectivity index (χ3n) is 3.00. The van der Waals surface area contributed by atoms with Crippen molar-refractivity contribution in [2.45, 2.75) is 20.0 Å². The number of methoxy groups -OCH3 is 1. The zero-order valence-corrected chi connectivity index (χ0v) is 11.6. The van der Waals surface area contributed by atoms with Crippen molar-refractivity contribution in [1.82, 2.24) is 19.1 Å². The maximum Gasteiger partial charge on any atom is 0.332 e. The van der Waals surface area contributed by atoms with Crippen LogP contribution in [0.25, 0.3) is 11.2 Å². The summed E-state index contributed by atoms with van der Waals surface area (Å²) in [5.74, 6) is 0. The van der Waals surface area contributed by atoms with Crippen LogP contribution in [0.2, 0.25) is 0 Å². The van der Waals surface area contributed by atoms with Crippen molar-refractivity contribution in [2.24, 2.45) is 0 Å². The van der Waals surface area contributed by atoms with Crippen molar-refractivity contribution in [3.05, 3.63) is 27.2 Å². The molecule has 0 aromatic carbocycles. The zero-order valence-electron chi connectivity index (χ0n) is 11.6. The van der Waals surface area contributed by atoms with Gasteiger partial charge in [-0.1, -0.05) is 0 Å². The van der Waals surface area contributed by atoms with Crippen LogP contribution >= 0.6 is 0 Å². The highest BCUT2D eigenvalue weighted by Crippen LogP contribution is 2.00. The summed E-state index contributed by atoms with van der Waals surface area (Å²) in [6.45, 7) is 3.68. The lowest BCUT2D eigenvalue weighted by molar-refractivity contribution is 0.0657. The van der Waals surface area contributed by atoms with E-state index in [0.717, 1.165) is 4.57 Å². The van der Waals surface area contributed by atoms with Gasteiger partial charge in [-0.15, -0.1) is 0 Å². The van der Waals surface area contributed by atoms with E-state index in [-0.39, 0.29) is 24.4 Å². The third-order valence-corrected chi connectivity index (χ3v) is 3.00. The predicted molar refractivity (Wildman–Crippen MR) is 73.0 cm³/mol. The summed E-state index contributed by atoms with van der Waals surface area (Å²) in [6, 6.07) is 0. The lowest BCUT2D eigenvalue weighted by Crippen LogP contribution is -2.41. The highest BCUT2D eigenvalue weighted by molar-refractivity contribution is 5.68. The van der Waals surface area contributed by atoms with Crippen LogP contribution < -0.4 is 11.2 Å². The van der Waals surface area contributed by atoms with Crippen LogP contribution in [0, 0.1) is 0 Å². The molecule has 8 nitrogen and oxygen atoms in total. The Morgan fingerprint density at radius 1 is 1.25 bits per heavy atom. The molecule has 0 amide bonds. The number of aromatic nitrogens is 4. The molecule has 110 valence electrons. The second-order valence-electron chi connectivity index (χ2n) is 4.19. The molecule has 0 bridgehead atoms. The van der Waals surface area contributed by atoms with Crippen LogP contribution in [0.5, 0.6) is 0 Å². The van der Waals surface area contributed by atoms with Crippen LogP contribution in [0.15, 0.2) is 15.9 Å². The quantitative estimate of drug-likeness (QED) is 0.696. The van der Waals surface area contributed by atoms with Crippen LogP contribution in [-0.2, 0) is 22.6 Å². The Morgan fingerprint density at radius 2 is 2.05 bits per heavy atom. The van der Waals surface area contributed by atoms with Crippen molar-refractivity contribution >= 4 is 11.2 Å². The molecule has 0 unspecified atom stereocenters. The normalized spacial score (nSPS) is 11.3. The van der Waals surface area contributed by atoms with Gasteiger partial charge in [-0.2, -0.15) is 0 Å². The molecule has 2 aromatic heterocycles. The average molecular weight is 282 g/mol. The number of aryl methyl sites for hydroxylation is 1. The van der Waals surface area contributed by atoms with Crippen molar-refractivity contribution in [3.8, 4) is 0 Å². The van der Waals surface area contributed by atoms with Gasteiger partial charge in [0, 0.05) is 13.7 Å². The van der Waals surface area contributed by atoms with Gasteiger partial charge in [0.15, 0.2) is 5.65 Å². The average Bonchev–Trinajstić information content (AvgIpc) is 2.92. The fraction of sp³-hybridized carbons (Fsp3) is 0.583. The van der Waals surface area contributed by atoms with Gasteiger partial charge in [-0.05, 0) is 6.92 Å². The van der Waals surface area contributed by atoms with E-state index in [1.807, 2.05) is 6.92 Å². The van der Waals surface area contributed by atoms with E-state index >= 15 is 0 Å². The van der Waals surface area contributed by atoms with Crippen molar-refractivity contribution in [2.75, 3.05) is 26.9 Å². The SMILES string of the molecule is CCn1c(=O)n(CCOCCOC)c(=O)c2[nH]cnc21. The summed E-state index contributed by atoms with van der Waals surface area (Å²) < 4.78 is 12.8. The molecule has 0 atom stereocenters. The van der Waals surface area contributed by atoms with Crippen LogP contribution in [0.3, 0.4) is 0 Å². The fourth-order valence-electron chi connectivity index (χ4n) is 1.99. The van der Waals surface area contributed by atoms with E-state index in [2.05, 4.69) is 9.97 Å². The van der Waals surface area contributed by atoms with E-state index in [9.17, 15) is 9.59 Å².